The van der Waals surface area contributed by atoms with Crippen molar-refractivity contribution in [1.82, 2.24) is 10.2 Å². The van der Waals surface area contributed by atoms with Crippen molar-refractivity contribution in [3.63, 3.8) is 0 Å². The maximum atomic E-state index is 12.1. The van der Waals surface area contributed by atoms with E-state index in [9.17, 15) is 10.2 Å². The third kappa shape index (κ3) is 2.88. The smallest absolute Gasteiger partial charge is 0.0933 e. The van der Waals surface area contributed by atoms with Gasteiger partial charge in [-0.1, -0.05) is 42.9 Å². The van der Waals surface area contributed by atoms with Crippen LogP contribution in [0.25, 0.3) is 16.3 Å². The maximum absolute atomic E-state index is 12.1. The summed E-state index contributed by atoms with van der Waals surface area (Å²) >= 11 is 0. The molecule has 0 aliphatic heterocycles. The largest absolute Gasteiger partial charge is 0.393 e. The predicted octanol–water partition coefficient (Wildman–Crippen LogP) is 4.98. The molecular weight excluding hydrogens is 384 g/mol. The van der Waals surface area contributed by atoms with Gasteiger partial charge in [-0.3, -0.25) is 0 Å². The van der Waals surface area contributed by atoms with Crippen LogP contribution in [0.4, 0.5) is 0 Å². The molecule has 1 saturated carbocycles. The number of nitrogens with zero attached hydrogens (tertiary/aromatic N) is 2. The molecule has 160 valence electrons. The van der Waals surface area contributed by atoms with Crippen LogP contribution in [0.1, 0.15) is 57.4 Å². The SMILES string of the molecule is CC12CC=C3C=C4CC(O)CCC4CC[C@]3(O)C1CC=C2c1ccc2cnncc2c1. The van der Waals surface area contributed by atoms with E-state index in [2.05, 4.69) is 53.5 Å². The molecule has 1 aromatic heterocycles. The molecule has 4 unspecified atom stereocenters. The zero-order valence-electron chi connectivity index (χ0n) is 18.1. The van der Waals surface area contributed by atoms with E-state index in [0.717, 1.165) is 61.3 Å². The minimum absolute atomic E-state index is 0.0834. The lowest BCUT2D eigenvalue weighted by atomic mass is 9.58. The third-order valence-corrected chi connectivity index (χ3v) is 8.68. The first kappa shape index (κ1) is 19.4. The highest BCUT2D eigenvalue weighted by molar-refractivity contribution is 5.86. The van der Waals surface area contributed by atoms with Crippen LogP contribution in [-0.2, 0) is 0 Å². The van der Waals surface area contributed by atoms with Crippen LogP contribution in [0.2, 0.25) is 0 Å². The molecule has 4 aliphatic carbocycles. The van der Waals surface area contributed by atoms with Crippen molar-refractivity contribution in [3.05, 3.63) is 65.5 Å². The summed E-state index contributed by atoms with van der Waals surface area (Å²) in [4.78, 5) is 0. The Hall–Kier alpha value is -2.30. The molecule has 4 nitrogen and oxygen atoms in total. The molecule has 0 bridgehead atoms. The van der Waals surface area contributed by atoms with Crippen LogP contribution in [0.15, 0.2) is 60.0 Å². The van der Waals surface area contributed by atoms with Crippen LogP contribution < -0.4 is 0 Å². The number of fused-ring (bicyclic) bond motifs is 5. The molecule has 1 fully saturated rings. The second-order valence-corrected chi connectivity index (χ2v) is 10.3. The minimum Gasteiger partial charge on any atom is -0.393 e. The first-order valence-electron chi connectivity index (χ1n) is 11.7. The van der Waals surface area contributed by atoms with Crippen molar-refractivity contribution >= 4 is 16.3 Å². The summed E-state index contributed by atoms with van der Waals surface area (Å²) in [6.45, 7) is 2.34. The van der Waals surface area contributed by atoms with Gasteiger partial charge in [-0.2, -0.15) is 10.2 Å². The summed E-state index contributed by atoms with van der Waals surface area (Å²) in [6.07, 6.45) is 16.7. The van der Waals surface area contributed by atoms with Gasteiger partial charge in [0.1, 0.15) is 0 Å². The number of allylic oxidation sites excluding steroid dienone is 3. The molecule has 4 aliphatic rings. The summed E-state index contributed by atoms with van der Waals surface area (Å²) in [5.74, 6) is 0.698. The van der Waals surface area contributed by atoms with E-state index < -0.39 is 5.60 Å². The fourth-order valence-corrected chi connectivity index (χ4v) is 6.92. The Morgan fingerprint density at radius 1 is 1.03 bits per heavy atom. The number of rotatable bonds is 1. The molecule has 0 radical (unpaired) electrons. The maximum Gasteiger partial charge on any atom is 0.0933 e. The van der Waals surface area contributed by atoms with Crippen LogP contribution in [0.5, 0.6) is 0 Å². The van der Waals surface area contributed by atoms with Crippen molar-refractivity contribution < 1.29 is 10.2 Å². The van der Waals surface area contributed by atoms with Gasteiger partial charge in [0.15, 0.2) is 0 Å². The summed E-state index contributed by atoms with van der Waals surface area (Å²) in [5.41, 5.74) is 4.17. The topological polar surface area (TPSA) is 66.2 Å². The molecule has 0 spiro atoms. The molecule has 5 atom stereocenters. The van der Waals surface area contributed by atoms with Gasteiger partial charge in [0.05, 0.1) is 24.1 Å². The van der Waals surface area contributed by atoms with Crippen molar-refractivity contribution in [3.8, 4) is 0 Å². The monoisotopic (exact) mass is 414 g/mol. The molecule has 0 saturated heterocycles. The van der Waals surface area contributed by atoms with Gasteiger partial charge in [-0.05, 0) is 73.6 Å². The molecule has 31 heavy (non-hydrogen) atoms. The Balaban J connectivity index is 1.38. The highest BCUT2D eigenvalue weighted by Gasteiger charge is 2.55. The number of aliphatic hydroxyl groups excluding tert-OH is 1. The van der Waals surface area contributed by atoms with Crippen molar-refractivity contribution in [2.75, 3.05) is 0 Å². The van der Waals surface area contributed by atoms with Gasteiger partial charge in [-0.25, -0.2) is 0 Å². The molecule has 2 aromatic rings. The molecule has 1 heterocycles. The zero-order valence-corrected chi connectivity index (χ0v) is 18.1. The van der Waals surface area contributed by atoms with E-state index >= 15 is 0 Å². The van der Waals surface area contributed by atoms with Crippen molar-refractivity contribution in [1.29, 1.82) is 0 Å². The Morgan fingerprint density at radius 2 is 1.87 bits per heavy atom. The van der Waals surface area contributed by atoms with Crippen LogP contribution >= 0.6 is 0 Å². The average molecular weight is 415 g/mol. The zero-order chi connectivity index (χ0) is 21.2. The molecule has 0 amide bonds. The normalized spacial score (nSPS) is 37.1. The highest BCUT2D eigenvalue weighted by Crippen LogP contribution is 2.61. The number of aliphatic hydroxyl groups is 2. The minimum atomic E-state index is -0.789. The molecular formula is C27H30N2O2. The van der Waals surface area contributed by atoms with Crippen molar-refractivity contribution in [2.45, 2.75) is 63.6 Å². The van der Waals surface area contributed by atoms with E-state index in [1.807, 2.05) is 6.20 Å². The van der Waals surface area contributed by atoms with Gasteiger partial charge >= 0.3 is 0 Å². The number of aromatic nitrogens is 2. The number of hydrogen-bond acceptors (Lipinski definition) is 4. The molecule has 1 aromatic carbocycles. The average Bonchev–Trinajstić information content (AvgIpc) is 3.06. The Labute approximate surface area is 183 Å². The summed E-state index contributed by atoms with van der Waals surface area (Å²) in [5, 5.41) is 32.6. The lowest BCUT2D eigenvalue weighted by molar-refractivity contribution is -0.0330. The number of benzene rings is 1. The van der Waals surface area contributed by atoms with Crippen LogP contribution in [0.3, 0.4) is 0 Å². The van der Waals surface area contributed by atoms with E-state index in [4.69, 9.17) is 0 Å². The number of hydrogen-bond donors (Lipinski definition) is 2. The van der Waals surface area contributed by atoms with Gasteiger partial charge in [0.25, 0.3) is 0 Å². The van der Waals surface area contributed by atoms with E-state index in [1.54, 1.807) is 6.20 Å². The van der Waals surface area contributed by atoms with Crippen LogP contribution in [-0.4, -0.2) is 32.1 Å². The second-order valence-electron chi connectivity index (χ2n) is 10.3. The summed E-state index contributed by atoms with van der Waals surface area (Å²) < 4.78 is 0. The quantitative estimate of drug-likeness (QED) is 0.691. The Bertz CT molecular complexity index is 1150. The van der Waals surface area contributed by atoms with Crippen molar-refractivity contribution in [2.24, 2.45) is 17.3 Å². The fourth-order valence-electron chi connectivity index (χ4n) is 6.92. The van der Waals surface area contributed by atoms with E-state index in [1.165, 1.54) is 16.7 Å². The van der Waals surface area contributed by atoms with Crippen LogP contribution in [0, 0.1) is 17.3 Å². The predicted molar refractivity (Wildman–Crippen MR) is 122 cm³/mol. The third-order valence-electron chi connectivity index (χ3n) is 8.68. The van der Waals surface area contributed by atoms with Gasteiger partial charge < -0.3 is 10.2 Å². The summed E-state index contributed by atoms with van der Waals surface area (Å²) in [7, 11) is 0. The fraction of sp³-hybridized carbons (Fsp3) is 0.481. The highest BCUT2D eigenvalue weighted by atomic mass is 16.3. The Morgan fingerprint density at radius 3 is 2.74 bits per heavy atom. The molecule has 2 N–H and O–H groups in total. The first-order valence-corrected chi connectivity index (χ1v) is 11.7. The standard InChI is InChI=1S/C27H30N2O2/c1-26-10-9-22-13-20-14-23(30)5-4-17(20)8-11-27(22,31)25(26)7-6-24(26)18-2-3-19-15-28-29-16-21(19)12-18/h2-3,6,9,12-13,15-17,23,25,30-31H,4-5,7-8,10-11,14H2,1H3/t17?,23?,25?,26?,27-/m1/s1. The lowest BCUT2D eigenvalue weighted by Crippen LogP contribution is -2.48. The van der Waals surface area contributed by atoms with Gasteiger partial charge in [0.2, 0.25) is 0 Å². The van der Waals surface area contributed by atoms with Gasteiger partial charge in [-0.15, -0.1) is 0 Å². The molecule has 4 heteroatoms. The first-order chi connectivity index (χ1) is 15.0. The van der Waals surface area contributed by atoms with E-state index in [-0.39, 0.29) is 17.4 Å². The van der Waals surface area contributed by atoms with Gasteiger partial charge in [0, 0.05) is 22.1 Å². The second kappa shape index (κ2) is 6.85. The lowest BCUT2D eigenvalue weighted by Gasteiger charge is -2.48. The molecule has 6 rings (SSSR count). The Kier molecular flexibility index (Phi) is 4.28. The van der Waals surface area contributed by atoms with E-state index in [0.29, 0.717) is 5.92 Å². The summed E-state index contributed by atoms with van der Waals surface area (Å²) in [6, 6.07) is 6.54.